The van der Waals surface area contributed by atoms with E-state index in [1.165, 1.54) is 6.42 Å². The molecule has 2 heteroatoms. The molecular weight excluding hydrogens is 198 g/mol. The van der Waals surface area contributed by atoms with E-state index in [9.17, 15) is 0 Å². The van der Waals surface area contributed by atoms with Crippen LogP contribution in [0, 0.1) is 11.8 Å². The Morgan fingerprint density at radius 2 is 1.81 bits per heavy atom. The van der Waals surface area contributed by atoms with Gasteiger partial charge in [0, 0.05) is 0 Å². The molecule has 2 N–H and O–H groups in total. The highest BCUT2D eigenvalue weighted by Crippen LogP contribution is 2.16. The summed E-state index contributed by atoms with van der Waals surface area (Å²) < 4.78 is 5.64. The Bertz CT molecular complexity index is 273. The van der Waals surface area contributed by atoms with Gasteiger partial charge in [-0.2, -0.15) is 0 Å². The van der Waals surface area contributed by atoms with E-state index in [-0.39, 0.29) is 0 Å². The number of rotatable bonds is 7. The molecule has 0 aromatic heterocycles. The molecule has 0 fully saturated rings. The predicted octanol–water partition coefficient (Wildman–Crippen LogP) is 3.08. The molecule has 0 saturated heterocycles. The van der Waals surface area contributed by atoms with Crippen molar-refractivity contribution in [3.63, 3.8) is 0 Å². The largest absolute Gasteiger partial charge is 0.494 e. The van der Waals surface area contributed by atoms with Gasteiger partial charge in [0.25, 0.3) is 0 Å². The third-order valence-corrected chi connectivity index (χ3v) is 3.16. The van der Waals surface area contributed by atoms with E-state index < -0.39 is 0 Å². The third kappa shape index (κ3) is 4.67. The maximum atomic E-state index is 5.64. The van der Waals surface area contributed by atoms with Crippen molar-refractivity contribution in [2.24, 2.45) is 17.6 Å². The molecule has 0 spiro atoms. The standard InChI is InChI=1S/C14H23NO/c1-12(13(2)11-15)7-6-10-16-14-8-4-3-5-9-14/h3-5,8-9,12-13H,6-7,10-11,15H2,1-2H3. The van der Waals surface area contributed by atoms with Crippen molar-refractivity contribution >= 4 is 0 Å². The molecule has 1 aromatic rings. The fourth-order valence-corrected chi connectivity index (χ4v) is 1.63. The van der Waals surface area contributed by atoms with Gasteiger partial charge in [-0.05, 0) is 43.4 Å². The van der Waals surface area contributed by atoms with E-state index in [0.29, 0.717) is 11.8 Å². The topological polar surface area (TPSA) is 35.2 Å². The Morgan fingerprint density at radius 3 is 2.44 bits per heavy atom. The highest BCUT2D eigenvalue weighted by Gasteiger charge is 2.09. The lowest BCUT2D eigenvalue weighted by Gasteiger charge is -2.17. The SMILES string of the molecule is CC(CN)C(C)CCCOc1ccccc1. The van der Waals surface area contributed by atoms with Crippen molar-refractivity contribution in [3.8, 4) is 5.75 Å². The first-order chi connectivity index (χ1) is 7.74. The van der Waals surface area contributed by atoms with E-state index in [0.717, 1.165) is 25.3 Å². The highest BCUT2D eigenvalue weighted by atomic mass is 16.5. The molecule has 2 nitrogen and oxygen atoms in total. The molecule has 0 heterocycles. The molecule has 2 atom stereocenters. The van der Waals surface area contributed by atoms with E-state index in [4.69, 9.17) is 10.5 Å². The molecule has 0 aliphatic heterocycles. The molecule has 0 amide bonds. The van der Waals surface area contributed by atoms with Crippen LogP contribution in [0.25, 0.3) is 0 Å². The molecule has 0 bridgehead atoms. The summed E-state index contributed by atoms with van der Waals surface area (Å²) in [5.41, 5.74) is 5.64. The van der Waals surface area contributed by atoms with E-state index >= 15 is 0 Å². The molecule has 0 radical (unpaired) electrons. The maximum Gasteiger partial charge on any atom is 0.119 e. The average molecular weight is 221 g/mol. The predicted molar refractivity (Wildman–Crippen MR) is 68.6 cm³/mol. The first-order valence-corrected chi connectivity index (χ1v) is 6.12. The fourth-order valence-electron chi connectivity index (χ4n) is 1.63. The highest BCUT2D eigenvalue weighted by molar-refractivity contribution is 5.20. The molecule has 2 unspecified atom stereocenters. The van der Waals surface area contributed by atoms with Crippen molar-refractivity contribution < 1.29 is 4.74 Å². The van der Waals surface area contributed by atoms with Crippen molar-refractivity contribution in [1.29, 1.82) is 0 Å². The Balaban J connectivity index is 2.13. The van der Waals surface area contributed by atoms with Gasteiger partial charge in [-0.3, -0.25) is 0 Å². The van der Waals surface area contributed by atoms with Gasteiger partial charge >= 0.3 is 0 Å². The minimum atomic E-state index is 0.608. The van der Waals surface area contributed by atoms with Gasteiger partial charge in [-0.15, -0.1) is 0 Å². The zero-order chi connectivity index (χ0) is 11.8. The lowest BCUT2D eigenvalue weighted by atomic mass is 9.92. The van der Waals surface area contributed by atoms with Gasteiger partial charge in [-0.25, -0.2) is 0 Å². The number of benzene rings is 1. The van der Waals surface area contributed by atoms with Gasteiger partial charge in [0.2, 0.25) is 0 Å². The van der Waals surface area contributed by atoms with Crippen LogP contribution >= 0.6 is 0 Å². The number of para-hydroxylation sites is 1. The van der Waals surface area contributed by atoms with Crippen molar-refractivity contribution in [1.82, 2.24) is 0 Å². The quantitative estimate of drug-likeness (QED) is 0.718. The second-order valence-electron chi connectivity index (χ2n) is 4.49. The van der Waals surface area contributed by atoms with Gasteiger partial charge in [0.05, 0.1) is 6.61 Å². The Morgan fingerprint density at radius 1 is 1.12 bits per heavy atom. The molecule has 0 aliphatic carbocycles. The third-order valence-electron chi connectivity index (χ3n) is 3.16. The zero-order valence-corrected chi connectivity index (χ0v) is 10.4. The summed E-state index contributed by atoms with van der Waals surface area (Å²) in [6.45, 7) is 6.05. The molecule has 16 heavy (non-hydrogen) atoms. The maximum absolute atomic E-state index is 5.64. The molecular formula is C14H23NO. The van der Waals surface area contributed by atoms with Gasteiger partial charge in [0.1, 0.15) is 5.75 Å². The zero-order valence-electron chi connectivity index (χ0n) is 10.4. The summed E-state index contributed by atoms with van der Waals surface area (Å²) in [7, 11) is 0. The smallest absolute Gasteiger partial charge is 0.119 e. The van der Waals surface area contributed by atoms with Crippen LogP contribution < -0.4 is 10.5 Å². The summed E-state index contributed by atoms with van der Waals surface area (Å²) in [5, 5.41) is 0. The van der Waals surface area contributed by atoms with Crippen molar-refractivity contribution in [2.75, 3.05) is 13.2 Å². The van der Waals surface area contributed by atoms with Crippen LogP contribution in [0.5, 0.6) is 5.75 Å². The minimum absolute atomic E-state index is 0.608. The van der Waals surface area contributed by atoms with Crippen LogP contribution in [0.1, 0.15) is 26.7 Å². The summed E-state index contributed by atoms with van der Waals surface area (Å²) in [4.78, 5) is 0. The van der Waals surface area contributed by atoms with Gasteiger partial charge in [-0.1, -0.05) is 32.0 Å². The van der Waals surface area contributed by atoms with Crippen LogP contribution in [-0.2, 0) is 0 Å². The second kappa shape index (κ2) is 7.29. The van der Waals surface area contributed by atoms with Gasteiger partial charge < -0.3 is 10.5 Å². The molecule has 1 rings (SSSR count). The molecule has 90 valence electrons. The summed E-state index contributed by atoms with van der Waals surface area (Å²) in [6, 6.07) is 9.97. The van der Waals surface area contributed by atoms with E-state index in [1.54, 1.807) is 0 Å². The second-order valence-corrected chi connectivity index (χ2v) is 4.49. The first-order valence-electron chi connectivity index (χ1n) is 6.12. The Kier molecular flexibility index (Phi) is 5.94. The minimum Gasteiger partial charge on any atom is -0.494 e. The van der Waals surface area contributed by atoms with Crippen molar-refractivity contribution in [3.05, 3.63) is 30.3 Å². The summed E-state index contributed by atoms with van der Waals surface area (Å²) >= 11 is 0. The van der Waals surface area contributed by atoms with Crippen LogP contribution in [0.3, 0.4) is 0 Å². The lowest BCUT2D eigenvalue weighted by molar-refractivity contribution is 0.277. The van der Waals surface area contributed by atoms with E-state index in [1.807, 2.05) is 30.3 Å². The average Bonchev–Trinajstić information content (AvgIpc) is 2.34. The lowest BCUT2D eigenvalue weighted by Crippen LogP contribution is -2.18. The normalized spacial score (nSPS) is 14.4. The van der Waals surface area contributed by atoms with Gasteiger partial charge in [0.15, 0.2) is 0 Å². The number of ether oxygens (including phenoxy) is 1. The summed E-state index contributed by atoms with van der Waals surface area (Å²) in [5.74, 6) is 2.25. The number of hydrogen-bond acceptors (Lipinski definition) is 2. The number of nitrogens with two attached hydrogens (primary N) is 1. The van der Waals surface area contributed by atoms with Crippen molar-refractivity contribution in [2.45, 2.75) is 26.7 Å². The van der Waals surface area contributed by atoms with Crippen LogP contribution in [0.4, 0.5) is 0 Å². The fraction of sp³-hybridized carbons (Fsp3) is 0.571. The number of hydrogen-bond donors (Lipinski definition) is 1. The van der Waals surface area contributed by atoms with Crippen LogP contribution in [0.15, 0.2) is 30.3 Å². The Hall–Kier alpha value is -1.02. The molecule has 1 aromatic carbocycles. The van der Waals surface area contributed by atoms with Crippen LogP contribution in [0.2, 0.25) is 0 Å². The monoisotopic (exact) mass is 221 g/mol. The van der Waals surface area contributed by atoms with E-state index in [2.05, 4.69) is 13.8 Å². The molecule has 0 saturated carbocycles. The molecule has 0 aliphatic rings. The summed E-state index contributed by atoms with van der Waals surface area (Å²) in [6.07, 6.45) is 2.28. The Labute approximate surface area is 98.8 Å². The first kappa shape index (κ1) is 13.0. The van der Waals surface area contributed by atoms with Crippen LogP contribution in [-0.4, -0.2) is 13.2 Å².